The van der Waals surface area contributed by atoms with Gasteiger partial charge in [-0.1, -0.05) is 12.1 Å². The maximum atomic E-state index is 12.2. The average molecular weight is 301 g/mol. The molecule has 1 unspecified atom stereocenters. The lowest BCUT2D eigenvalue weighted by molar-refractivity contribution is -0.384. The van der Waals surface area contributed by atoms with Gasteiger partial charge in [-0.25, -0.2) is 0 Å². The second-order valence-electron chi connectivity index (χ2n) is 4.49. The highest BCUT2D eigenvalue weighted by Crippen LogP contribution is 2.41. The summed E-state index contributed by atoms with van der Waals surface area (Å²) in [6, 6.07) is 9.84. The number of rotatable bonds is 3. The molecule has 1 atom stereocenters. The number of thioether (sulfide) groups is 1. The van der Waals surface area contributed by atoms with Gasteiger partial charge in [0.1, 0.15) is 5.37 Å². The van der Waals surface area contributed by atoms with E-state index < -0.39 is 4.92 Å². The van der Waals surface area contributed by atoms with Crippen LogP contribution in [0.2, 0.25) is 0 Å². The van der Waals surface area contributed by atoms with E-state index in [-0.39, 0.29) is 17.0 Å². The Morgan fingerprint density at radius 1 is 1.33 bits per heavy atom. The number of amides is 1. The van der Waals surface area contributed by atoms with Gasteiger partial charge < -0.3 is 0 Å². The average Bonchev–Trinajstić information content (AvgIpc) is 2.90. The standard InChI is InChI=1S/C14H11N3O3S/c18-13-9-21-14(10-3-2-6-15-8-10)16(13)11-4-1-5-12(7-11)17(19)20/h1-8,14H,9H2. The highest BCUT2D eigenvalue weighted by Gasteiger charge is 2.34. The molecule has 1 aromatic carbocycles. The van der Waals surface area contributed by atoms with Crippen LogP contribution < -0.4 is 4.90 Å². The number of nitro benzene ring substituents is 1. The minimum absolute atomic E-state index is 0.0258. The van der Waals surface area contributed by atoms with Crippen LogP contribution in [-0.4, -0.2) is 21.6 Å². The third kappa shape index (κ3) is 2.59. The predicted octanol–water partition coefficient (Wildman–Crippen LogP) is 2.77. The molecule has 6 nitrogen and oxygen atoms in total. The summed E-state index contributed by atoms with van der Waals surface area (Å²) in [5.41, 5.74) is 1.41. The lowest BCUT2D eigenvalue weighted by Crippen LogP contribution is -2.27. The Kier molecular flexibility index (Phi) is 3.57. The predicted molar refractivity (Wildman–Crippen MR) is 80.0 cm³/mol. The second kappa shape index (κ2) is 5.53. The molecule has 2 heterocycles. The van der Waals surface area contributed by atoms with E-state index in [1.54, 1.807) is 29.4 Å². The van der Waals surface area contributed by atoms with Crippen LogP contribution >= 0.6 is 11.8 Å². The fourth-order valence-corrected chi connectivity index (χ4v) is 3.39. The Balaban J connectivity index is 2.00. The number of benzene rings is 1. The molecule has 7 heteroatoms. The molecule has 1 aliphatic heterocycles. The Hall–Kier alpha value is -2.41. The van der Waals surface area contributed by atoms with Gasteiger partial charge in [0.05, 0.1) is 16.4 Å². The monoisotopic (exact) mass is 301 g/mol. The van der Waals surface area contributed by atoms with Gasteiger partial charge in [0.25, 0.3) is 5.69 Å². The molecule has 0 spiro atoms. The van der Waals surface area contributed by atoms with Gasteiger partial charge >= 0.3 is 0 Å². The highest BCUT2D eigenvalue weighted by molar-refractivity contribution is 8.00. The molecule has 1 aromatic heterocycles. The van der Waals surface area contributed by atoms with Crippen molar-refractivity contribution in [2.45, 2.75) is 5.37 Å². The number of aromatic nitrogens is 1. The molecule has 0 saturated carbocycles. The molecule has 1 amide bonds. The van der Waals surface area contributed by atoms with Crippen molar-refractivity contribution in [2.75, 3.05) is 10.7 Å². The first kappa shape index (κ1) is 13.6. The summed E-state index contributed by atoms with van der Waals surface area (Å²) in [5, 5.41) is 10.7. The van der Waals surface area contributed by atoms with Crippen molar-refractivity contribution in [3.63, 3.8) is 0 Å². The van der Waals surface area contributed by atoms with E-state index >= 15 is 0 Å². The summed E-state index contributed by atoms with van der Waals surface area (Å²) in [6.07, 6.45) is 3.38. The lowest BCUT2D eigenvalue weighted by Gasteiger charge is -2.23. The summed E-state index contributed by atoms with van der Waals surface area (Å²) >= 11 is 1.49. The Labute approximate surface area is 124 Å². The molecule has 0 N–H and O–H groups in total. The Morgan fingerprint density at radius 3 is 2.90 bits per heavy atom. The summed E-state index contributed by atoms with van der Waals surface area (Å²) < 4.78 is 0. The summed E-state index contributed by atoms with van der Waals surface area (Å²) in [6.45, 7) is 0. The topological polar surface area (TPSA) is 76.3 Å². The van der Waals surface area contributed by atoms with Gasteiger partial charge in [-0.15, -0.1) is 11.8 Å². The van der Waals surface area contributed by atoms with Crippen LogP contribution in [0.4, 0.5) is 11.4 Å². The minimum atomic E-state index is -0.462. The normalized spacial score (nSPS) is 18.0. The first-order valence-electron chi connectivity index (χ1n) is 6.25. The zero-order valence-electron chi connectivity index (χ0n) is 10.9. The van der Waals surface area contributed by atoms with Crippen LogP contribution in [-0.2, 0) is 4.79 Å². The van der Waals surface area contributed by atoms with Crippen LogP contribution in [0.1, 0.15) is 10.9 Å². The van der Waals surface area contributed by atoms with E-state index in [1.807, 2.05) is 12.1 Å². The number of carbonyl (C=O) groups is 1. The van der Waals surface area contributed by atoms with E-state index in [4.69, 9.17) is 0 Å². The minimum Gasteiger partial charge on any atom is -0.295 e. The molecule has 2 aromatic rings. The van der Waals surface area contributed by atoms with Crippen LogP contribution in [0, 0.1) is 10.1 Å². The molecule has 106 valence electrons. The van der Waals surface area contributed by atoms with Crippen molar-refractivity contribution in [2.24, 2.45) is 0 Å². The largest absolute Gasteiger partial charge is 0.295 e. The third-order valence-corrected chi connectivity index (χ3v) is 4.37. The Bertz CT molecular complexity index is 693. The molecule has 0 radical (unpaired) electrons. The quantitative estimate of drug-likeness (QED) is 0.643. The van der Waals surface area contributed by atoms with Gasteiger partial charge in [0.2, 0.25) is 5.91 Å². The van der Waals surface area contributed by atoms with Crippen LogP contribution in [0.25, 0.3) is 0 Å². The SMILES string of the molecule is O=C1CSC(c2cccnc2)N1c1cccc([N+](=O)[O-])c1. The number of pyridine rings is 1. The summed E-state index contributed by atoms with van der Waals surface area (Å²) in [7, 11) is 0. The fraction of sp³-hybridized carbons (Fsp3) is 0.143. The third-order valence-electron chi connectivity index (χ3n) is 3.16. The van der Waals surface area contributed by atoms with E-state index in [1.165, 1.54) is 23.9 Å². The zero-order valence-corrected chi connectivity index (χ0v) is 11.7. The van der Waals surface area contributed by atoms with Crippen LogP contribution in [0.15, 0.2) is 48.8 Å². The number of nitrogens with zero attached hydrogens (tertiary/aromatic N) is 3. The van der Waals surface area contributed by atoms with Gasteiger partial charge in [0, 0.05) is 30.1 Å². The van der Waals surface area contributed by atoms with Gasteiger partial charge in [-0.05, 0) is 12.1 Å². The van der Waals surface area contributed by atoms with Crippen LogP contribution in [0.3, 0.4) is 0 Å². The molecule has 0 aliphatic carbocycles. The van der Waals surface area contributed by atoms with Crippen molar-refractivity contribution in [3.05, 3.63) is 64.5 Å². The van der Waals surface area contributed by atoms with E-state index in [0.29, 0.717) is 11.4 Å². The molecule has 3 rings (SSSR count). The smallest absolute Gasteiger partial charge is 0.271 e. The Morgan fingerprint density at radius 2 is 2.19 bits per heavy atom. The van der Waals surface area contributed by atoms with Crippen LogP contribution in [0.5, 0.6) is 0 Å². The molecular formula is C14H11N3O3S. The molecule has 1 saturated heterocycles. The van der Waals surface area contributed by atoms with E-state index in [2.05, 4.69) is 4.98 Å². The first-order valence-corrected chi connectivity index (χ1v) is 7.30. The van der Waals surface area contributed by atoms with Crippen molar-refractivity contribution < 1.29 is 9.72 Å². The number of hydrogen-bond acceptors (Lipinski definition) is 5. The maximum absolute atomic E-state index is 12.2. The van der Waals surface area contributed by atoms with Gasteiger partial charge in [-0.3, -0.25) is 24.8 Å². The number of hydrogen-bond donors (Lipinski definition) is 0. The maximum Gasteiger partial charge on any atom is 0.271 e. The summed E-state index contributed by atoms with van der Waals surface area (Å²) in [5.74, 6) is 0.289. The zero-order chi connectivity index (χ0) is 14.8. The van der Waals surface area contributed by atoms with Crippen molar-refractivity contribution in [1.29, 1.82) is 0 Å². The van der Waals surface area contributed by atoms with E-state index in [0.717, 1.165) is 5.56 Å². The molecular weight excluding hydrogens is 290 g/mol. The lowest BCUT2D eigenvalue weighted by atomic mass is 10.2. The van der Waals surface area contributed by atoms with Crippen molar-refractivity contribution >= 4 is 29.0 Å². The second-order valence-corrected chi connectivity index (χ2v) is 5.56. The van der Waals surface area contributed by atoms with Crippen molar-refractivity contribution in [1.82, 2.24) is 4.98 Å². The molecule has 21 heavy (non-hydrogen) atoms. The first-order chi connectivity index (χ1) is 10.2. The number of anilines is 1. The number of non-ortho nitro benzene ring substituents is 1. The molecule has 0 bridgehead atoms. The fourth-order valence-electron chi connectivity index (χ4n) is 2.23. The van der Waals surface area contributed by atoms with Crippen molar-refractivity contribution in [3.8, 4) is 0 Å². The summed E-state index contributed by atoms with van der Waals surface area (Å²) in [4.78, 5) is 28.2. The highest BCUT2D eigenvalue weighted by atomic mass is 32.2. The number of carbonyl (C=O) groups excluding carboxylic acids is 1. The van der Waals surface area contributed by atoms with E-state index in [9.17, 15) is 14.9 Å². The molecule has 1 fully saturated rings. The van der Waals surface area contributed by atoms with Gasteiger partial charge in [-0.2, -0.15) is 0 Å². The van der Waals surface area contributed by atoms with Gasteiger partial charge in [0.15, 0.2) is 0 Å². The number of nitro groups is 1. The molecule has 1 aliphatic rings.